The number of rotatable bonds is 7. The highest BCUT2D eigenvalue weighted by Gasteiger charge is 2.36. The Labute approximate surface area is 234 Å². The van der Waals surface area contributed by atoms with E-state index in [1.165, 1.54) is 30.1 Å². The van der Waals surface area contributed by atoms with Crippen molar-refractivity contribution in [3.8, 4) is 23.5 Å². The minimum Gasteiger partial charge on any atom is -0.495 e. The third-order valence-electron chi connectivity index (χ3n) is 6.76. The topological polar surface area (TPSA) is 127 Å². The number of sulfonamides is 1. The lowest BCUT2D eigenvalue weighted by Gasteiger charge is -2.37. The number of imidazole rings is 1. The average Bonchev–Trinajstić information content (AvgIpc) is 3.40. The van der Waals surface area contributed by atoms with Crippen LogP contribution in [-0.2, 0) is 17.1 Å². The van der Waals surface area contributed by atoms with Crippen molar-refractivity contribution in [2.75, 3.05) is 33.9 Å². The maximum Gasteiger partial charge on any atom is 0.261 e. The molecule has 1 aliphatic heterocycles. The number of benzene rings is 1. The number of aryl methyl sites for hydroxylation is 1. The highest BCUT2D eigenvalue weighted by Crippen LogP contribution is 2.28. The Morgan fingerprint density at radius 3 is 2.70 bits per heavy atom. The lowest BCUT2D eigenvalue weighted by molar-refractivity contribution is 0.0373. The minimum atomic E-state index is -3.88. The number of aromatic nitrogens is 3. The summed E-state index contributed by atoms with van der Waals surface area (Å²) in [6.45, 7) is 3.60. The van der Waals surface area contributed by atoms with Crippen molar-refractivity contribution in [1.29, 1.82) is 0 Å². The fourth-order valence-corrected chi connectivity index (χ4v) is 5.45. The Hall–Kier alpha value is -3.92. The summed E-state index contributed by atoms with van der Waals surface area (Å²) in [7, 11) is 0.841. The van der Waals surface area contributed by atoms with E-state index in [0.717, 1.165) is 0 Å². The van der Waals surface area contributed by atoms with Crippen molar-refractivity contribution in [3.05, 3.63) is 65.7 Å². The van der Waals surface area contributed by atoms with Crippen molar-refractivity contribution in [2.45, 2.75) is 31.0 Å². The lowest BCUT2D eigenvalue weighted by atomic mass is 10.0. The summed E-state index contributed by atoms with van der Waals surface area (Å²) in [6, 6.07) is 8.45. The van der Waals surface area contributed by atoms with E-state index in [1.807, 2.05) is 25.1 Å². The van der Waals surface area contributed by atoms with Gasteiger partial charge < -0.3 is 24.0 Å². The molecule has 40 heavy (non-hydrogen) atoms. The van der Waals surface area contributed by atoms with E-state index in [9.17, 15) is 18.3 Å². The molecule has 0 fully saturated rings. The number of fused-ring (bicyclic) bond motifs is 1. The van der Waals surface area contributed by atoms with Crippen LogP contribution in [0.4, 0.5) is 0 Å². The molecule has 0 unspecified atom stereocenters. The van der Waals surface area contributed by atoms with Gasteiger partial charge in [0.15, 0.2) is 5.03 Å². The molecule has 0 saturated carbocycles. The van der Waals surface area contributed by atoms with Crippen molar-refractivity contribution in [3.63, 3.8) is 0 Å². The molecule has 1 amide bonds. The number of para-hydroxylation sites is 1. The van der Waals surface area contributed by atoms with Gasteiger partial charge in [-0.25, -0.2) is 18.4 Å². The lowest BCUT2D eigenvalue weighted by Crippen LogP contribution is -2.50. The van der Waals surface area contributed by atoms with Crippen molar-refractivity contribution in [1.82, 2.24) is 23.7 Å². The zero-order chi connectivity index (χ0) is 29.0. The van der Waals surface area contributed by atoms with Gasteiger partial charge in [-0.05, 0) is 25.1 Å². The van der Waals surface area contributed by atoms with Gasteiger partial charge in [0.2, 0.25) is 5.88 Å². The number of likely N-dealkylation sites (N-methyl/N-ethyl adjacent to an activating group) is 1. The van der Waals surface area contributed by atoms with Gasteiger partial charge in [0.05, 0.1) is 38.2 Å². The van der Waals surface area contributed by atoms with Crippen LogP contribution in [0, 0.1) is 17.8 Å². The van der Waals surface area contributed by atoms with Crippen molar-refractivity contribution in [2.24, 2.45) is 13.0 Å². The number of hydrogen-bond donors (Lipinski definition) is 1. The van der Waals surface area contributed by atoms with E-state index in [0.29, 0.717) is 16.9 Å². The second-order valence-corrected chi connectivity index (χ2v) is 11.8. The Bertz CT molecular complexity index is 1540. The highest BCUT2D eigenvalue weighted by atomic mass is 32.2. The molecule has 3 heterocycles. The van der Waals surface area contributed by atoms with Crippen molar-refractivity contribution >= 4 is 15.9 Å². The number of nitrogens with zero attached hydrogens (tertiary/aromatic N) is 5. The molecule has 1 aliphatic rings. The van der Waals surface area contributed by atoms with Gasteiger partial charge in [0.1, 0.15) is 17.4 Å². The van der Waals surface area contributed by atoms with Gasteiger partial charge in [0, 0.05) is 44.5 Å². The number of aliphatic hydroxyl groups excluding tert-OH is 1. The monoisotopic (exact) mass is 567 g/mol. The Kier molecular flexibility index (Phi) is 8.78. The SMILES string of the molecule is COc1ccccc1C#Cc1cnc2c(c1)C(=O)N([C@H](C)CO)C[C@@H](C)[C@H](CN(C)S(=O)(=O)c1cn(C)cn1)O2. The first kappa shape index (κ1) is 29.1. The van der Waals surface area contributed by atoms with Gasteiger partial charge in [-0.1, -0.05) is 30.9 Å². The van der Waals surface area contributed by atoms with E-state index in [2.05, 4.69) is 21.8 Å². The number of carbonyl (C=O) groups excluding carboxylic acids is 1. The summed E-state index contributed by atoms with van der Waals surface area (Å²) in [4.78, 5) is 23.6. The first-order valence-corrected chi connectivity index (χ1v) is 14.2. The first-order chi connectivity index (χ1) is 19.0. The molecular formula is C28H33N5O6S. The number of pyridine rings is 1. The van der Waals surface area contributed by atoms with E-state index in [1.54, 1.807) is 42.7 Å². The number of hydrogen-bond acceptors (Lipinski definition) is 8. The molecule has 3 aromatic rings. The summed E-state index contributed by atoms with van der Waals surface area (Å²) in [6.07, 6.45) is 3.71. The summed E-state index contributed by atoms with van der Waals surface area (Å²) >= 11 is 0. The van der Waals surface area contributed by atoms with Gasteiger partial charge in [-0.3, -0.25) is 4.79 Å². The van der Waals surface area contributed by atoms with Crippen LogP contribution in [-0.4, -0.2) is 89.2 Å². The highest BCUT2D eigenvalue weighted by molar-refractivity contribution is 7.89. The Balaban J connectivity index is 1.69. The summed E-state index contributed by atoms with van der Waals surface area (Å²) in [5.41, 5.74) is 1.35. The third-order valence-corrected chi connectivity index (χ3v) is 8.47. The van der Waals surface area contributed by atoms with Crippen LogP contribution in [0.2, 0.25) is 0 Å². The van der Waals surface area contributed by atoms with Crippen LogP contribution in [0.25, 0.3) is 0 Å². The molecule has 212 valence electrons. The summed E-state index contributed by atoms with van der Waals surface area (Å²) in [5.74, 6) is 6.12. The number of methoxy groups -OCH3 is 1. The van der Waals surface area contributed by atoms with Crippen LogP contribution < -0.4 is 9.47 Å². The molecular weight excluding hydrogens is 534 g/mol. The molecule has 0 spiro atoms. The maximum atomic E-state index is 13.6. The van der Waals surface area contributed by atoms with Crippen LogP contribution in [0.3, 0.4) is 0 Å². The summed E-state index contributed by atoms with van der Waals surface area (Å²) < 4.78 is 40.6. The normalized spacial score (nSPS) is 18.2. The number of carbonyl (C=O) groups is 1. The molecule has 2 aromatic heterocycles. The molecule has 3 atom stereocenters. The molecule has 0 radical (unpaired) electrons. The molecule has 1 aromatic carbocycles. The van der Waals surface area contributed by atoms with E-state index >= 15 is 0 Å². The zero-order valence-corrected chi connectivity index (χ0v) is 23.9. The van der Waals surface area contributed by atoms with Crippen LogP contribution >= 0.6 is 0 Å². The van der Waals surface area contributed by atoms with Gasteiger partial charge in [-0.15, -0.1) is 0 Å². The Morgan fingerprint density at radius 2 is 2.02 bits per heavy atom. The molecule has 0 bridgehead atoms. The van der Waals surface area contributed by atoms with Crippen LogP contribution in [0.5, 0.6) is 11.6 Å². The quantitative estimate of drug-likeness (QED) is 0.428. The second kappa shape index (κ2) is 12.1. The number of ether oxygens (including phenoxy) is 2. The smallest absolute Gasteiger partial charge is 0.261 e. The van der Waals surface area contributed by atoms with Crippen LogP contribution in [0.1, 0.15) is 35.3 Å². The molecule has 4 rings (SSSR count). The minimum absolute atomic E-state index is 0.00785. The fraction of sp³-hybridized carbons (Fsp3) is 0.393. The molecule has 0 aliphatic carbocycles. The third kappa shape index (κ3) is 6.12. The Morgan fingerprint density at radius 1 is 1.27 bits per heavy atom. The number of amides is 1. The van der Waals surface area contributed by atoms with Crippen LogP contribution in [0.15, 0.2) is 54.1 Å². The maximum absolute atomic E-state index is 13.6. The zero-order valence-electron chi connectivity index (χ0n) is 23.1. The van der Waals surface area contributed by atoms with Gasteiger partial charge in [-0.2, -0.15) is 4.31 Å². The largest absolute Gasteiger partial charge is 0.495 e. The first-order valence-electron chi connectivity index (χ1n) is 12.7. The molecule has 1 N–H and O–H groups in total. The van der Waals surface area contributed by atoms with Gasteiger partial charge >= 0.3 is 0 Å². The molecule has 0 saturated heterocycles. The van der Waals surface area contributed by atoms with Gasteiger partial charge in [0.25, 0.3) is 15.9 Å². The fourth-order valence-electron chi connectivity index (χ4n) is 4.31. The predicted octanol–water partition coefficient (Wildman–Crippen LogP) is 1.76. The van der Waals surface area contributed by atoms with E-state index in [-0.39, 0.29) is 48.0 Å². The predicted molar refractivity (Wildman–Crippen MR) is 147 cm³/mol. The molecule has 12 heteroatoms. The average molecular weight is 568 g/mol. The number of aliphatic hydroxyl groups is 1. The second-order valence-electron chi connectivity index (χ2n) is 9.81. The van der Waals surface area contributed by atoms with E-state index in [4.69, 9.17) is 9.47 Å². The van der Waals surface area contributed by atoms with E-state index < -0.39 is 22.2 Å². The summed E-state index contributed by atoms with van der Waals surface area (Å²) in [5, 5.41) is 9.82. The standard InChI is InChI=1S/C28H33N5O6S/c1-19-14-33(20(2)17-34)28(35)23-12-21(10-11-22-8-6-7-9-24(22)38-5)13-29-27(23)39-25(19)15-32(4)40(36,37)26-16-31(3)18-30-26/h6-9,12-13,16,18-20,25,34H,14-15,17H2,1-5H3/t19-,20-,25+/m1/s1. The molecule has 11 nitrogen and oxygen atoms in total. The van der Waals surface area contributed by atoms with Crippen molar-refractivity contribution < 1.29 is 27.8 Å².